The van der Waals surface area contributed by atoms with E-state index < -0.39 is 0 Å². The first-order valence-corrected chi connectivity index (χ1v) is 51.4. The predicted octanol–water partition coefficient (Wildman–Crippen LogP) is 23.8. The van der Waals surface area contributed by atoms with Crippen molar-refractivity contribution in [2.45, 2.75) is 454 Å². The van der Waals surface area contributed by atoms with E-state index in [1.807, 2.05) is 0 Å². The van der Waals surface area contributed by atoms with Crippen LogP contribution in [0.15, 0.2) is 0 Å². The molecule has 0 saturated carbocycles. The van der Waals surface area contributed by atoms with E-state index in [-0.39, 0.29) is 29.6 Å². The second-order valence-electron chi connectivity index (χ2n) is 36.2. The van der Waals surface area contributed by atoms with Crippen LogP contribution >= 0.6 is 0 Å². The minimum absolute atomic E-state index is 0.165. The normalized spacial score (nSPS) is 14.2. The molecule has 0 bridgehead atoms. The highest BCUT2D eigenvalue weighted by Crippen LogP contribution is 2.24. The van der Waals surface area contributed by atoms with Crippen LogP contribution in [0.1, 0.15) is 454 Å². The first-order chi connectivity index (χ1) is 56.4. The standard InChI is InChI=1S/C100H200N10O5/c1-11-21-31-46-66-91(61-26-16-6)96(111)101-71-51-36-41-56-76-106(77-57-42-37-52-72-102-97(112)92(62-27-17-7)67-47-32-22-12-2)81-83-108(80-60-45-40-55-75-105-100(115)95(65-30-20-10)70-50-35-25-15-5)84-86-110-89-87-109(88-90-110)85-82-107(78-58-43-38-53-73-103-98(113)93(63-28-18-8)68-48-33-23-13-3)79-59-44-39-54-74-104-99(114)94(64-29-19-9)69-49-34-24-14-4/h91-95H,11-90H2,1-10H3,(H,101,111)(H,102,112)(H,103,113)(H,104,114)(H,105,115). The summed E-state index contributed by atoms with van der Waals surface area (Å²) in [5.41, 5.74) is 0. The molecule has 0 aliphatic carbocycles. The number of nitrogens with one attached hydrogen (secondary N) is 5. The van der Waals surface area contributed by atoms with Crippen molar-refractivity contribution >= 4 is 29.5 Å². The van der Waals surface area contributed by atoms with E-state index in [1.165, 1.54) is 193 Å². The van der Waals surface area contributed by atoms with Crippen LogP contribution in [0.25, 0.3) is 0 Å². The lowest BCUT2D eigenvalue weighted by atomic mass is 9.94. The van der Waals surface area contributed by atoms with Gasteiger partial charge in [0.05, 0.1) is 0 Å². The third kappa shape index (κ3) is 65.5. The molecular weight excluding hydrogens is 1420 g/mol. The van der Waals surface area contributed by atoms with Crippen LogP contribution < -0.4 is 26.6 Å². The van der Waals surface area contributed by atoms with E-state index in [0.29, 0.717) is 29.5 Å². The van der Waals surface area contributed by atoms with Crippen LogP contribution in [0.4, 0.5) is 0 Å². The van der Waals surface area contributed by atoms with Crippen molar-refractivity contribution in [1.82, 2.24) is 51.1 Å². The lowest BCUT2D eigenvalue weighted by Crippen LogP contribution is -2.50. The first kappa shape index (κ1) is 110. The molecule has 1 aliphatic rings. The largest absolute Gasteiger partial charge is 0.356 e. The highest BCUT2D eigenvalue weighted by molar-refractivity contribution is 5.80. The van der Waals surface area contributed by atoms with Gasteiger partial charge in [0.1, 0.15) is 0 Å². The molecule has 5 unspecified atom stereocenters. The quantitative estimate of drug-likeness (QED) is 0.0371. The lowest BCUT2D eigenvalue weighted by Gasteiger charge is -2.37. The second-order valence-corrected chi connectivity index (χ2v) is 36.2. The fourth-order valence-electron chi connectivity index (χ4n) is 17.3. The van der Waals surface area contributed by atoms with E-state index in [1.54, 1.807) is 0 Å². The molecule has 1 rings (SSSR count). The number of piperazine rings is 1. The molecule has 1 aliphatic heterocycles. The fourth-order valence-corrected chi connectivity index (χ4v) is 17.3. The highest BCUT2D eigenvalue weighted by atomic mass is 16.2. The summed E-state index contributed by atoms with van der Waals surface area (Å²) in [6.07, 6.45) is 69.2. The Labute approximate surface area is 715 Å². The van der Waals surface area contributed by atoms with Gasteiger partial charge in [0, 0.05) is 128 Å². The maximum atomic E-state index is 13.5. The van der Waals surface area contributed by atoms with Crippen molar-refractivity contribution in [2.24, 2.45) is 29.6 Å². The van der Waals surface area contributed by atoms with Crippen molar-refractivity contribution < 1.29 is 24.0 Å². The minimum atomic E-state index is 0.165. The van der Waals surface area contributed by atoms with E-state index in [9.17, 15) is 24.0 Å². The summed E-state index contributed by atoms with van der Waals surface area (Å²) in [6, 6.07) is 0. The molecular formula is C100H200N10O5. The Kier molecular flexibility index (Phi) is 79.9. The molecule has 0 radical (unpaired) electrons. The summed E-state index contributed by atoms with van der Waals surface area (Å²) < 4.78 is 0. The highest BCUT2D eigenvalue weighted by Gasteiger charge is 2.24. The summed E-state index contributed by atoms with van der Waals surface area (Å²) in [5.74, 6) is 2.32. The van der Waals surface area contributed by atoms with Crippen LogP contribution in [0.2, 0.25) is 0 Å². The molecule has 0 aromatic rings. The summed E-state index contributed by atoms with van der Waals surface area (Å²) in [6.45, 7) is 43.2. The van der Waals surface area contributed by atoms with Crippen LogP contribution in [-0.4, -0.2) is 185 Å². The summed E-state index contributed by atoms with van der Waals surface area (Å²) in [4.78, 5) is 80.9. The number of amides is 5. The Morgan fingerprint density at radius 3 is 0.565 bits per heavy atom. The Balaban J connectivity index is 3.23. The number of hydrogen-bond donors (Lipinski definition) is 5. The van der Waals surface area contributed by atoms with Gasteiger partial charge in [-0.05, 0) is 161 Å². The molecule has 15 heteroatoms. The van der Waals surface area contributed by atoms with Gasteiger partial charge in [-0.3, -0.25) is 33.8 Å². The average molecular weight is 1620 g/mol. The molecule has 0 spiro atoms. The molecule has 15 nitrogen and oxygen atoms in total. The van der Waals surface area contributed by atoms with Crippen molar-refractivity contribution in [3.63, 3.8) is 0 Å². The molecule has 1 saturated heterocycles. The van der Waals surface area contributed by atoms with Crippen molar-refractivity contribution in [2.75, 3.05) is 131 Å². The van der Waals surface area contributed by atoms with E-state index in [4.69, 9.17) is 0 Å². The summed E-state index contributed by atoms with van der Waals surface area (Å²) >= 11 is 0. The number of nitrogens with zero attached hydrogens (tertiary/aromatic N) is 5. The number of unbranched alkanes of at least 4 members (excludes halogenated alkanes) is 35. The molecule has 115 heavy (non-hydrogen) atoms. The van der Waals surface area contributed by atoms with Crippen molar-refractivity contribution in [3.8, 4) is 0 Å². The Morgan fingerprint density at radius 1 is 0.200 bits per heavy atom. The average Bonchev–Trinajstić information content (AvgIpc) is 0.882. The van der Waals surface area contributed by atoms with Gasteiger partial charge < -0.3 is 41.3 Å². The Bertz CT molecular complexity index is 2030. The zero-order valence-corrected chi connectivity index (χ0v) is 78.7. The lowest BCUT2D eigenvalue weighted by molar-refractivity contribution is -0.126. The van der Waals surface area contributed by atoms with E-state index in [0.717, 1.165) is 324 Å². The van der Waals surface area contributed by atoms with Gasteiger partial charge in [0.2, 0.25) is 29.5 Å². The van der Waals surface area contributed by atoms with Crippen LogP contribution in [0.5, 0.6) is 0 Å². The maximum Gasteiger partial charge on any atom is 0.223 e. The Morgan fingerprint density at radius 2 is 0.365 bits per heavy atom. The number of hydrogen-bond acceptors (Lipinski definition) is 10. The predicted molar refractivity (Wildman–Crippen MR) is 498 cm³/mol. The van der Waals surface area contributed by atoms with Crippen molar-refractivity contribution in [1.29, 1.82) is 0 Å². The molecule has 5 atom stereocenters. The number of carbonyl (C=O) groups is 5. The van der Waals surface area contributed by atoms with Crippen molar-refractivity contribution in [3.05, 3.63) is 0 Å². The van der Waals surface area contributed by atoms with Gasteiger partial charge >= 0.3 is 0 Å². The van der Waals surface area contributed by atoms with Crippen LogP contribution in [0, 0.1) is 29.6 Å². The van der Waals surface area contributed by atoms with Crippen LogP contribution in [0.3, 0.4) is 0 Å². The van der Waals surface area contributed by atoms with E-state index >= 15 is 0 Å². The molecule has 5 N–H and O–H groups in total. The zero-order chi connectivity index (χ0) is 83.8. The number of carbonyl (C=O) groups excluding carboxylic acids is 5. The number of rotatable bonds is 89. The second kappa shape index (κ2) is 83.4. The van der Waals surface area contributed by atoms with E-state index in [2.05, 4.69) is 120 Å². The van der Waals surface area contributed by atoms with Gasteiger partial charge in [0.15, 0.2) is 0 Å². The summed E-state index contributed by atoms with van der Waals surface area (Å²) in [5, 5.41) is 16.9. The molecule has 1 heterocycles. The minimum Gasteiger partial charge on any atom is -0.356 e. The first-order valence-electron chi connectivity index (χ1n) is 51.4. The summed E-state index contributed by atoms with van der Waals surface area (Å²) in [7, 11) is 0. The molecule has 5 amide bonds. The zero-order valence-electron chi connectivity index (χ0n) is 78.7. The molecule has 0 aromatic heterocycles. The van der Waals surface area contributed by atoms with Gasteiger partial charge in [-0.1, -0.05) is 326 Å². The smallest absolute Gasteiger partial charge is 0.223 e. The Hall–Kier alpha value is -2.85. The fraction of sp³-hybridized carbons (Fsp3) is 0.950. The topological polar surface area (TPSA) is 162 Å². The van der Waals surface area contributed by atoms with Gasteiger partial charge in [-0.2, -0.15) is 0 Å². The molecule has 1 fully saturated rings. The molecule has 680 valence electrons. The molecule has 0 aromatic carbocycles. The van der Waals surface area contributed by atoms with Gasteiger partial charge in [-0.25, -0.2) is 0 Å². The third-order valence-electron chi connectivity index (χ3n) is 25.6. The van der Waals surface area contributed by atoms with Crippen LogP contribution in [-0.2, 0) is 24.0 Å². The maximum absolute atomic E-state index is 13.5. The SMILES string of the molecule is CCCCCCC(CCCC)C(=O)NCCCCCCN(CCCCCCNC(=O)C(CCCC)CCCCCC)CCN(CCCCCCNC(=O)C(CCCC)CCCCCC)CCN1CCN(CCN(CCCCCCNC(=O)C(CCCC)CCCCCC)CCCCCCNC(=O)C(CCCC)CCCCCC)CC1. The van der Waals surface area contributed by atoms with Gasteiger partial charge in [-0.15, -0.1) is 0 Å². The third-order valence-corrected chi connectivity index (χ3v) is 25.6. The van der Waals surface area contributed by atoms with Gasteiger partial charge in [0.25, 0.3) is 0 Å². The monoisotopic (exact) mass is 1620 g/mol.